The molecule has 1 aliphatic carbocycles. The Labute approximate surface area is 128 Å². The van der Waals surface area contributed by atoms with E-state index in [1.165, 1.54) is 5.56 Å². The van der Waals surface area contributed by atoms with Gasteiger partial charge in [0.05, 0.1) is 0 Å². The van der Waals surface area contributed by atoms with Gasteiger partial charge in [-0.1, -0.05) is 60.1 Å². The van der Waals surface area contributed by atoms with Crippen molar-refractivity contribution < 1.29 is 4.79 Å². The first-order valence-corrected chi connectivity index (χ1v) is 7.46. The number of rotatable bonds is 1. The molecule has 0 fully saturated rings. The van der Waals surface area contributed by atoms with Gasteiger partial charge in [0.1, 0.15) is 0 Å². The summed E-state index contributed by atoms with van der Waals surface area (Å²) in [5.41, 5.74) is 4.37. The number of hydrogen-bond donors (Lipinski definition) is 0. The van der Waals surface area contributed by atoms with Crippen molar-refractivity contribution in [2.75, 3.05) is 0 Å². The molecule has 4 rings (SSSR count). The van der Waals surface area contributed by atoms with Crippen LogP contribution in [0.15, 0.2) is 54.6 Å². The molecule has 21 heavy (non-hydrogen) atoms. The lowest BCUT2D eigenvalue weighted by atomic mass is 9.93. The van der Waals surface area contributed by atoms with Gasteiger partial charge in [0.25, 0.3) is 0 Å². The van der Waals surface area contributed by atoms with Gasteiger partial charge in [-0.2, -0.15) is 0 Å². The smallest absolute Gasteiger partial charge is 0.163 e. The van der Waals surface area contributed by atoms with E-state index < -0.39 is 0 Å². The molecule has 0 heterocycles. The maximum Gasteiger partial charge on any atom is 0.163 e. The largest absolute Gasteiger partial charge is 0.294 e. The monoisotopic (exact) mass is 292 g/mol. The number of benzene rings is 3. The first-order valence-electron chi connectivity index (χ1n) is 7.08. The molecule has 0 atom stereocenters. The maximum absolute atomic E-state index is 11.9. The normalized spacial score (nSPS) is 13.7. The van der Waals surface area contributed by atoms with Gasteiger partial charge < -0.3 is 0 Å². The molecule has 0 aromatic heterocycles. The Kier molecular flexibility index (Phi) is 2.83. The second-order valence-electron chi connectivity index (χ2n) is 5.40. The zero-order chi connectivity index (χ0) is 14.4. The topological polar surface area (TPSA) is 17.1 Å². The van der Waals surface area contributed by atoms with Crippen LogP contribution in [0.4, 0.5) is 0 Å². The van der Waals surface area contributed by atoms with Crippen LogP contribution in [0, 0.1) is 0 Å². The molecule has 2 heteroatoms. The molecule has 0 spiro atoms. The fraction of sp³-hybridized carbons (Fsp3) is 0.105. The van der Waals surface area contributed by atoms with Gasteiger partial charge in [0, 0.05) is 22.4 Å². The molecular weight excluding hydrogens is 280 g/mol. The highest BCUT2D eigenvalue weighted by atomic mass is 35.5. The third kappa shape index (κ3) is 1.89. The molecule has 0 radical (unpaired) electrons. The highest BCUT2D eigenvalue weighted by molar-refractivity contribution is 6.36. The Balaban J connectivity index is 2.05. The fourth-order valence-electron chi connectivity index (χ4n) is 3.24. The lowest BCUT2D eigenvalue weighted by molar-refractivity contribution is 0.0994. The highest BCUT2D eigenvalue weighted by Crippen LogP contribution is 2.37. The zero-order valence-electron chi connectivity index (χ0n) is 11.4. The average molecular weight is 293 g/mol. The minimum absolute atomic E-state index is 0.255. The molecule has 3 aromatic carbocycles. The molecular formula is C19H13ClO. The molecule has 0 unspecified atom stereocenters. The summed E-state index contributed by atoms with van der Waals surface area (Å²) in [6.45, 7) is 0. The summed E-state index contributed by atoms with van der Waals surface area (Å²) in [6.07, 6.45) is 1.46. The SMILES string of the molecule is O=C1CCc2c1cccc2-c1ccc(Cl)c2ccccc12. The van der Waals surface area contributed by atoms with E-state index in [-0.39, 0.29) is 5.78 Å². The van der Waals surface area contributed by atoms with Crippen molar-refractivity contribution in [2.45, 2.75) is 12.8 Å². The Hall–Kier alpha value is -2.12. The van der Waals surface area contributed by atoms with E-state index in [0.717, 1.165) is 38.9 Å². The number of fused-ring (bicyclic) bond motifs is 2. The van der Waals surface area contributed by atoms with Gasteiger partial charge in [-0.05, 0) is 34.6 Å². The number of hydrogen-bond acceptors (Lipinski definition) is 1. The molecule has 1 aliphatic rings. The van der Waals surface area contributed by atoms with Gasteiger partial charge in [-0.3, -0.25) is 4.79 Å². The van der Waals surface area contributed by atoms with Crippen molar-refractivity contribution in [3.63, 3.8) is 0 Å². The third-order valence-corrected chi connectivity index (χ3v) is 4.57. The van der Waals surface area contributed by atoms with Crippen LogP contribution >= 0.6 is 11.6 Å². The predicted molar refractivity (Wildman–Crippen MR) is 87.0 cm³/mol. The molecule has 0 N–H and O–H groups in total. The first kappa shape index (κ1) is 12.6. The average Bonchev–Trinajstić information content (AvgIpc) is 2.90. The molecule has 0 bridgehead atoms. The Morgan fingerprint density at radius 3 is 2.33 bits per heavy atom. The number of carbonyl (C=O) groups is 1. The van der Waals surface area contributed by atoms with Crippen LogP contribution in [0.1, 0.15) is 22.3 Å². The first-order chi connectivity index (χ1) is 10.3. The minimum Gasteiger partial charge on any atom is -0.294 e. The number of halogens is 1. The van der Waals surface area contributed by atoms with Crippen LogP contribution in [0.2, 0.25) is 5.02 Å². The lowest BCUT2D eigenvalue weighted by Crippen LogP contribution is -1.93. The summed E-state index contributed by atoms with van der Waals surface area (Å²) in [7, 11) is 0. The molecule has 0 saturated heterocycles. The van der Waals surface area contributed by atoms with E-state index in [2.05, 4.69) is 18.2 Å². The quantitative estimate of drug-likeness (QED) is 0.595. The standard InChI is InChI=1S/C19H13ClO/c20-18-10-8-14(13-4-1-2-5-16(13)18)12-6-3-7-17-15(12)9-11-19(17)21/h1-8,10H,9,11H2. The van der Waals surface area contributed by atoms with Crippen LogP contribution in [0.5, 0.6) is 0 Å². The second kappa shape index (κ2) is 4.71. The van der Waals surface area contributed by atoms with Crippen molar-refractivity contribution >= 4 is 28.2 Å². The van der Waals surface area contributed by atoms with Crippen molar-refractivity contribution in [3.8, 4) is 11.1 Å². The van der Waals surface area contributed by atoms with Gasteiger partial charge in [-0.15, -0.1) is 0 Å². The summed E-state index contributed by atoms with van der Waals surface area (Å²) in [5, 5.41) is 2.95. The molecule has 0 aliphatic heterocycles. The van der Waals surface area contributed by atoms with Gasteiger partial charge in [0.2, 0.25) is 0 Å². The predicted octanol–water partition coefficient (Wildman–Crippen LogP) is 5.29. The summed E-state index contributed by atoms with van der Waals surface area (Å²) in [4.78, 5) is 11.9. The van der Waals surface area contributed by atoms with Crippen LogP contribution in [0.25, 0.3) is 21.9 Å². The summed E-state index contributed by atoms with van der Waals surface area (Å²) in [5.74, 6) is 0.255. The second-order valence-corrected chi connectivity index (χ2v) is 5.80. The van der Waals surface area contributed by atoms with Crippen LogP contribution in [-0.2, 0) is 6.42 Å². The van der Waals surface area contributed by atoms with Gasteiger partial charge >= 0.3 is 0 Å². The van der Waals surface area contributed by atoms with Crippen molar-refractivity contribution in [2.24, 2.45) is 0 Å². The van der Waals surface area contributed by atoms with Crippen molar-refractivity contribution in [1.82, 2.24) is 0 Å². The summed E-state index contributed by atoms with van der Waals surface area (Å²) < 4.78 is 0. The van der Waals surface area contributed by atoms with E-state index in [1.807, 2.05) is 36.4 Å². The Morgan fingerprint density at radius 1 is 0.714 bits per heavy atom. The summed E-state index contributed by atoms with van der Waals surface area (Å²) in [6, 6.07) is 18.2. The third-order valence-electron chi connectivity index (χ3n) is 4.24. The van der Waals surface area contributed by atoms with E-state index >= 15 is 0 Å². The molecule has 1 nitrogen and oxygen atoms in total. The van der Waals surface area contributed by atoms with Gasteiger partial charge in [0.15, 0.2) is 5.78 Å². The minimum atomic E-state index is 0.255. The van der Waals surface area contributed by atoms with E-state index in [4.69, 9.17) is 11.6 Å². The highest BCUT2D eigenvalue weighted by Gasteiger charge is 2.22. The number of Topliss-reactive ketones (excluding diaryl/α,β-unsaturated/α-hetero) is 1. The molecule has 0 saturated carbocycles. The van der Waals surface area contributed by atoms with Gasteiger partial charge in [-0.25, -0.2) is 0 Å². The van der Waals surface area contributed by atoms with Crippen LogP contribution in [0.3, 0.4) is 0 Å². The lowest BCUT2D eigenvalue weighted by Gasteiger charge is -2.12. The van der Waals surface area contributed by atoms with Crippen molar-refractivity contribution in [1.29, 1.82) is 0 Å². The van der Waals surface area contributed by atoms with Crippen LogP contribution in [-0.4, -0.2) is 5.78 Å². The molecule has 3 aromatic rings. The van der Waals surface area contributed by atoms with Crippen molar-refractivity contribution in [3.05, 3.63) is 70.7 Å². The van der Waals surface area contributed by atoms with E-state index in [1.54, 1.807) is 0 Å². The Bertz CT molecular complexity index is 880. The van der Waals surface area contributed by atoms with Crippen LogP contribution < -0.4 is 0 Å². The van der Waals surface area contributed by atoms with E-state index in [0.29, 0.717) is 6.42 Å². The summed E-state index contributed by atoms with van der Waals surface area (Å²) >= 11 is 6.30. The number of ketones is 1. The molecule has 0 amide bonds. The fourth-order valence-corrected chi connectivity index (χ4v) is 3.47. The van der Waals surface area contributed by atoms with E-state index in [9.17, 15) is 4.79 Å². The zero-order valence-corrected chi connectivity index (χ0v) is 12.2. The maximum atomic E-state index is 11.9. The Morgan fingerprint density at radius 2 is 1.48 bits per heavy atom. The molecule has 102 valence electrons. The number of carbonyl (C=O) groups excluding carboxylic acids is 1.